The van der Waals surface area contributed by atoms with Crippen LogP contribution in [0.15, 0.2) is 42.5 Å². The molecule has 1 unspecified atom stereocenters. The third kappa shape index (κ3) is 2.20. The molecule has 0 saturated carbocycles. The quantitative estimate of drug-likeness (QED) is 0.767. The molecule has 2 aliphatic rings. The van der Waals surface area contributed by atoms with E-state index in [1.807, 2.05) is 0 Å². The first-order valence-electron chi connectivity index (χ1n) is 8.54. The molecule has 4 rings (SSSR count). The van der Waals surface area contributed by atoms with Crippen molar-refractivity contribution in [2.24, 2.45) is 0 Å². The highest BCUT2D eigenvalue weighted by Crippen LogP contribution is 2.43. The molecule has 2 aromatic carbocycles. The van der Waals surface area contributed by atoms with Crippen LogP contribution in [0, 0.1) is 6.92 Å². The van der Waals surface area contributed by atoms with Gasteiger partial charge in [-0.2, -0.15) is 0 Å². The highest BCUT2D eigenvalue weighted by atomic mass is 28.3. The summed E-state index contributed by atoms with van der Waals surface area (Å²) in [5, 5.41) is 2.89. The van der Waals surface area contributed by atoms with E-state index in [0.29, 0.717) is 6.04 Å². The number of benzene rings is 2. The molecule has 1 nitrogen and oxygen atoms in total. The highest BCUT2D eigenvalue weighted by molar-refractivity contribution is 6.76. The van der Waals surface area contributed by atoms with E-state index in [1.54, 1.807) is 0 Å². The number of hydrogen-bond acceptors (Lipinski definition) is 1. The van der Waals surface area contributed by atoms with Crippen molar-refractivity contribution in [1.82, 2.24) is 0 Å². The molecule has 0 bridgehead atoms. The molecular weight excluding hydrogens is 294 g/mol. The number of rotatable bonds is 2. The summed E-state index contributed by atoms with van der Waals surface area (Å²) in [6.07, 6.45) is 1.21. The van der Waals surface area contributed by atoms with Crippen molar-refractivity contribution in [2.75, 3.05) is 11.1 Å². The summed E-state index contributed by atoms with van der Waals surface area (Å²) in [7, 11) is -1.20. The fourth-order valence-electron chi connectivity index (χ4n) is 4.20. The predicted octanol–water partition coefficient (Wildman–Crippen LogP) is 3.44. The van der Waals surface area contributed by atoms with Crippen LogP contribution in [-0.2, 0) is 0 Å². The van der Waals surface area contributed by atoms with Crippen molar-refractivity contribution in [2.45, 2.75) is 39.5 Å². The second kappa shape index (κ2) is 4.84. The summed E-state index contributed by atoms with van der Waals surface area (Å²) in [6.45, 7) is 11.9. The molecule has 23 heavy (non-hydrogen) atoms. The molecule has 118 valence electrons. The van der Waals surface area contributed by atoms with Crippen LogP contribution in [0.1, 0.15) is 18.1 Å². The normalized spacial score (nSPS) is 19.0. The van der Waals surface area contributed by atoms with Crippen LogP contribution in [0.2, 0.25) is 19.6 Å². The van der Waals surface area contributed by atoms with Crippen LogP contribution < -0.4 is 15.3 Å². The molecule has 0 aromatic heterocycles. The fourth-order valence-corrected chi connectivity index (χ4v) is 5.57. The van der Waals surface area contributed by atoms with Gasteiger partial charge in [-0.3, -0.25) is 0 Å². The monoisotopic (exact) mass is 319 g/mol. The van der Waals surface area contributed by atoms with Crippen molar-refractivity contribution in [3.05, 3.63) is 64.0 Å². The minimum atomic E-state index is -1.20. The molecule has 0 fully saturated rings. The van der Waals surface area contributed by atoms with Gasteiger partial charge in [0.1, 0.15) is 0 Å². The Labute approximate surface area is 140 Å². The van der Waals surface area contributed by atoms with E-state index < -0.39 is 8.07 Å². The van der Waals surface area contributed by atoms with Gasteiger partial charge in [-0.05, 0) is 47.6 Å². The first-order chi connectivity index (χ1) is 10.9. The Hall–Kier alpha value is -1.80. The lowest BCUT2D eigenvalue weighted by Gasteiger charge is -2.32. The zero-order chi connectivity index (χ0) is 16.4. The van der Waals surface area contributed by atoms with Crippen molar-refractivity contribution in [1.29, 1.82) is 0 Å². The molecule has 2 aromatic rings. The maximum absolute atomic E-state index is 2.69. The van der Waals surface area contributed by atoms with Crippen LogP contribution >= 0.6 is 0 Å². The molecule has 0 spiro atoms. The van der Waals surface area contributed by atoms with Gasteiger partial charge in [0, 0.05) is 17.4 Å². The van der Waals surface area contributed by atoms with E-state index in [9.17, 15) is 0 Å². The average molecular weight is 320 g/mol. The number of anilines is 1. The molecule has 1 heterocycles. The Balaban J connectivity index is 2.03. The Kier molecular flexibility index (Phi) is 3.11. The molecule has 0 radical (unpaired) electrons. The summed E-state index contributed by atoms with van der Waals surface area (Å²) >= 11 is 0. The lowest BCUT2D eigenvalue weighted by atomic mass is 10.00. The Morgan fingerprint density at radius 2 is 1.65 bits per heavy atom. The van der Waals surface area contributed by atoms with Gasteiger partial charge in [-0.1, -0.05) is 55.5 Å². The van der Waals surface area contributed by atoms with Gasteiger partial charge in [-0.15, -0.1) is 0 Å². The van der Waals surface area contributed by atoms with Crippen LogP contribution in [-0.4, -0.2) is 20.3 Å². The average Bonchev–Trinajstić information content (AvgIpc) is 2.93. The van der Waals surface area contributed by atoms with Gasteiger partial charge in [0.25, 0.3) is 0 Å². The third-order valence-corrected chi connectivity index (χ3v) is 6.32. The SMILES string of the molecule is CC1=c2ccccc2=C2c3cc(C)ccc3N(C[Si](C)(C)C)C12. The van der Waals surface area contributed by atoms with Crippen molar-refractivity contribution in [3.63, 3.8) is 0 Å². The number of fused-ring (bicyclic) bond motifs is 4. The molecule has 0 amide bonds. The zero-order valence-electron chi connectivity index (χ0n) is 14.8. The van der Waals surface area contributed by atoms with E-state index in [2.05, 4.69) is 80.9 Å². The zero-order valence-corrected chi connectivity index (χ0v) is 15.8. The van der Waals surface area contributed by atoms with E-state index in [0.717, 1.165) is 0 Å². The summed E-state index contributed by atoms with van der Waals surface area (Å²) in [5.41, 5.74) is 7.30. The van der Waals surface area contributed by atoms with Gasteiger partial charge < -0.3 is 4.90 Å². The molecule has 2 heteroatoms. The Morgan fingerprint density at radius 3 is 2.35 bits per heavy atom. The van der Waals surface area contributed by atoms with Crippen molar-refractivity contribution in [3.8, 4) is 0 Å². The van der Waals surface area contributed by atoms with E-state index in [-0.39, 0.29) is 0 Å². The molecule has 0 N–H and O–H groups in total. The van der Waals surface area contributed by atoms with Crippen molar-refractivity contribution < 1.29 is 0 Å². The molecule has 1 atom stereocenters. The molecule has 0 saturated heterocycles. The minimum Gasteiger partial charge on any atom is -0.363 e. The molecular formula is C21H25NSi. The van der Waals surface area contributed by atoms with Crippen LogP contribution in [0.25, 0.3) is 11.1 Å². The van der Waals surface area contributed by atoms with Gasteiger partial charge >= 0.3 is 0 Å². The molecule has 1 aliphatic heterocycles. The Morgan fingerprint density at radius 1 is 0.957 bits per heavy atom. The summed E-state index contributed by atoms with van der Waals surface area (Å²) in [5.74, 6) is 0. The van der Waals surface area contributed by atoms with E-state index >= 15 is 0 Å². The topological polar surface area (TPSA) is 3.24 Å². The number of hydrogen-bond donors (Lipinski definition) is 0. The summed E-state index contributed by atoms with van der Waals surface area (Å²) < 4.78 is 0. The van der Waals surface area contributed by atoms with Crippen LogP contribution in [0.5, 0.6) is 0 Å². The van der Waals surface area contributed by atoms with Gasteiger partial charge in [0.05, 0.1) is 14.1 Å². The summed E-state index contributed by atoms with van der Waals surface area (Å²) in [4.78, 5) is 2.69. The smallest absolute Gasteiger partial charge is 0.0771 e. The lowest BCUT2D eigenvalue weighted by molar-refractivity contribution is 0.915. The van der Waals surface area contributed by atoms with E-state index in [1.165, 1.54) is 44.6 Å². The number of nitrogens with zero attached hydrogens (tertiary/aromatic N) is 1. The highest BCUT2D eigenvalue weighted by Gasteiger charge is 2.39. The summed E-state index contributed by atoms with van der Waals surface area (Å²) in [6, 6.07) is 16.4. The molecule has 1 aliphatic carbocycles. The standard InChI is InChI=1S/C21H25NSi/c1-14-10-11-19-18(12-14)20-17-9-7-6-8-16(17)15(2)21(20)22(19)13-23(3,4)5/h6-12,21H,13H2,1-5H3. The van der Waals surface area contributed by atoms with Crippen LogP contribution in [0.3, 0.4) is 0 Å². The second-order valence-electron chi connectivity index (χ2n) is 8.25. The van der Waals surface area contributed by atoms with Crippen molar-refractivity contribution >= 4 is 24.9 Å². The number of aryl methyl sites for hydroxylation is 1. The lowest BCUT2D eigenvalue weighted by Crippen LogP contribution is -2.44. The maximum atomic E-state index is 2.69. The largest absolute Gasteiger partial charge is 0.363 e. The van der Waals surface area contributed by atoms with E-state index in [4.69, 9.17) is 0 Å². The first-order valence-corrected chi connectivity index (χ1v) is 12.3. The second-order valence-corrected chi connectivity index (χ2v) is 13.7. The Bertz CT molecular complexity index is 918. The minimum absolute atomic E-state index is 0.441. The van der Waals surface area contributed by atoms with Gasteiger partial charge in [0.2, 0.25) is 0 Å². The maximum Gasteiger partial charge on any atom is 0.0771 e. The third-order valence-electron chi connectivity index (χ3n) is 5.03. The van der Waals surface area contributed by atoms with Gasteiger partial charge in [-0.25, -0.2) is 0 Å². The fraction of sp³-hybridized carbons (Fsp3) is 0.333. The van der Waals surface area contributed by atoms with Gasteiger partial charge in [0.15, 0.2) is 0 Å². The predicted molar refractivity (Wildman–Crippen MR) is 103 cm³/mol. The van der Waals surface area contributed by atoms with Crippen LogP contribution in [0.4, 0.5) is 5.69 Å². The first kappa shape index (κ1) is 14.8.